The predicted octanol–water partition coefficient (Wildman–Crippen LogP) is 5.37. The fourth-order valence-electron chi connectivity index (χ4n) is 3.98. The van der Waals surface area contributed by atoms with Crippen molar-refractivity contribution in [1.29, 1.82) is 0 Å². The monoisotopic (exact) mass is 698 g/mol. The third-order valence-corrected chi connectivity index (χ3v) is 8.71. The zero-order valence-electron chi connectivity index (χ0n) is 26.6. The highest BCUT2D eigenvalue weighted by molar-refractivity contribution is 7.17. The molecule has 0 saturated heterocycles. The maximum Gasteiger partial charge on any atom is 0.345 e. The molecule has 0 fully saturated rings. The number of nitrogens with two attached hydrogens (primary N) is 3. The van der Waals surface area contributed by atoms with Crippen LogP contribution in [0.3, 0.4) is 0 Å². The summed E-state index contributed by atoms with van der Waals surface area (Å²) in [7, 11) is 3.27. The highest BCUT2D eigenvalue weighted by Crippen LogP contribution is 2.27. The number of nitrogens with one attached hydrogen (secondary N) is 1. The number of aromatic nitrogens is 4. The van der Waals surface area contributed by atoms with Gasteiger partial charge in [0, 0.05) is 25.5 Å². The number of methoxy groups -OCH3 is 2. The molecule has 13 nitrogen and oxygen atoms in total. The molecule has 6 aromatic rings. The number of carbonyl (C=O) groups is 2. The van der Waals surface area contributed by atoms with E-state index in [2.05, 4.69) is 25.3 Å². The average molecular weight is 699 g/mol. The summed E-state index contributed by atoms with van der Waals surface area (Å²) in [6, 6.07) is 25.6. The number of ether oxygens (including phenoxy) is 2. The zero-order valence-corrected chi connectivity index (χ0v) is 28.2. The molecule has 6 rings (SSSR count). The third-order valence-electron chi connectivity index (χ3n) is 6.51. The number of aromatic carboxylic acids is 1. The van der Waals surface area contributed by atoms with Gasteiger partial charge >= 0.3 is 5.97 Å². The molecule has 0 aliphatic carbocycles. The van der Waals surface area contributed by atoms with Crippen LogP contribution in [-0.4, -0.2) is 51.1 Å². The first-order valence-electron chi connectivity index (χ1n) is 14.5. The van der Waals surface area contributed by atoms with E-state index in [4.69, 9.17) is 31.8 Å². The molecule has 0 saturated carbocycles. The smallest absolute Gasteiger partial charge is 0.345 e. The van der Waals surface area contributed by atoms with Gasteiger partial charge in [0.2, 0.25) is 11.9 Å². The Bertz CT molecular complexity index is 1940. The van der Waals surface area contributed by atoms with Crippen molar-refractivity contribution in [3.8, 4) is 32.6 Å². The van der Waals surface area contributed by atoms with E-state index in [1.165, 1.54) is 17.5 Å². The minimum absolute atomic E-state index is 0.121. The average Bonchev–Trinajstić information content (AvgIpc) is 3.83. The maximum absolute atomic E-state index is 12.3. The lowest BCUT2D eigenvalue weighted by molar-refractivity contribution is 0.0702. The summed E-state index contributed by atoms with van der Waals surface area (Å²) in [5.74, 6) is 0.996. The molecular weight excluding hydrogens is 665 g/mol. The molecule has 0 unspecified atom stereocenters. The molecule has 4 heterocycles. The van der Waals surface area contributed by atoms with E-state index in [-0.39, 0.29) is 22.7 Å². The van der Waals surface area contributed by atoms with E-state index >= 15 is 0 Å². The number of anilines is 2. The van der Waals surface area contributed by atoms with E-state index in [0.717, 1.165) is 43.7 Å². The second kappa shape index (κ2) is 17.9. The van der Waals surface area contributed by atoms with Crippen LogP contribution >= 0.6 is 22.7 Å². The number of benzene rings is 2. The van der Waals surface area contributed by atoms with Crippen LogP contribution in [0.25, 0.3) is 21.1 Å². The Morgan fingerprint density at radius 3 is 1.59 bits per heavy atom. The van der Waals surface area contributed by atoms with Gasteiger partial charge in [-0.1, -0.05) is 24.3 Å². The topological polar surface area (TPSA) is 214 Å². The number of amides is 1. The number of nitrogens with zero attached hydrogens (tertiary/aromatic N) is 4. The molecule has 49 heavy (non-hydrogen) atoms. The van der Waals surface area contributed by atoms with Crippen LogP contribution < -0.4 is 32.0 Å². The number of hydrogen-bond donors (Lipinski definition) is 5. The summed E-state index contributed by atoms with van der Waals surface area (Å²) in [5.41, 5.74) is 19.9. The first-order chi connectivity index (χ1) is 23.7. The Hall–Kier alpha value is -5.90. The van der Waals surface area contributed by atoms with Gasteiger partial charge in [0.25, 0.3) is 5.91 Å². The van der Waals surface area contributed by atoms with Crippen LogP contribution in [0.1, 0.15) is 30.5 Å². The van der Waals surface area contributed by atoms with Crippen LogP contribution in [0, 0.1) is 0 Å². The van der Waals surface area contributed by atoms with Gasteiger partial charge in [0.1, 0.15) is 16.4 Å². The molecule has 4 aromatic heterocycles. The summed E-state index contributed by atoms with van der Waals surface area (Å²) >= 11 is 2.52. The molecule has 0 atom stereocenters. The molecule has 8 N–H and O–H groups in total. The second-order valence-electron chi connectivity index (χ2n) is 9.82. The van der Waals surface area contributed by atoms with Crippen LogP contribution in [-0.2, 0) is 13.1 Å². The standard InChI is InChI=1S/C17H16N4O2S.C9H7N3O2S.C8H11NO/c1-23-12-4-2-11(3-5-12)10-20-16(22)15-7-6-14(24-15)13-8-9-19-17(18)21-13;10-9-11-4-3-5(12-9)6-1-2-7(15-6)8(13)14;1-10-8-4-2-7(6-9)3-5-8/h2-9H,10H2,1H3,(H,20,22)(H2,18,19,21);1-4H,(H,13,14)(H2,10,11,12);2-5H,6,9H2,1H3. The molecule has 0 aliphatic heterocycles. The number of rotatable bonds is 9. The largest absolute Gasteiger partial charge is 0.497 e. The van der Waals surface area contributed by atoms with Crippen molar-refractivity contribution in [3.63, 3.8) is 0 Å². The number of carboxylic acids is 1. The number of carboxylic acid groups (broad SMARTS) is 1. The van der Waals surface area contributed by atoms with E-state index in [1.54, 1.807) is 50.7 Å². The third kappa shape index (κ3) is 10.8. The molecule has 0 radical (unpaired) electrons. The molecule has 252 valence electrons. The van der Waals surface area contributed by atoms with Gasteiger partial charge in [0.05, 0.1) is 40.2 Å². The molecule has 1 amide bonds. The van der Waals surface area contributed by atoms with Crippen molar-refractivity contribution < 1.29 is 24.2 Å². The van der Waals surface area contributed by atoms with E-state index in [0.29, 0.717) is 29.4 Å². The van der Waals surface area contributed by atoms with Crippen molar-refractivity contribution in [2.24, 2.45) is 5.73 Å². The Kier molecular flexibility index (Phi) is 13.1. The lowest BCUT2D eigenvalue weighted by Gasteiger charge is -2.05. The number of hydrogen-bond acceptors (Lipinski definition) is 13. The number of thiophene rings is 2. The van der Waals surface area contributed by atoms with Gasteiger partial charge in [0.15, 0.2) is 0 Å². The normalized spacial score (nSPS) is 10.1. The van der Waals surface area contributed by atoms with Crippen molar-refractivity contribution >= 4 is 46.4 Å². The Morgan fingerprint density at radius 2 is 1.16 bits per heavy atom. The summed E-state index contributed by atoms with van der Waals surface area (Å²) < 4.78 is 10.1. The maximum atomic E-state index is 12.3. The molecule has 0 aliphatic rings. The van der Waals surface area contributed by atoms with Crippen LogP contribution in [0.2, 0.25) is 0 Å². The van der Waals surface area contributed by atoms with Crippen LogP contribution in [0.4, 0.5) is 11.9 Å². The van der Waals surface area contributed by atoms with E-state index in [1.807, 2.05) is 54.6 Å². The van der Waals surface area contributed by atoms with Crippen molar-refractivity contribution in [2.45, 2.75) is 13.1 Å². The minimum atomic E-state index is -0.937. The lowest BCUT2D eigenvalue weighted by Crippen LogP contribution is -2.21. The second-order valence-corrected chi connectivity index (χ2v) is 12.0. The molecule has 0 bridgehead atoms. The molecule has 15 heteroatoms. The Morgan fingerprint density at radius 1 is 0.694 bits per heavy atom. The SMILES string of the molecule is COc1ccc(CN)cc1.COc1ccc(CNC(=O)c2ccc(-c3ccnc(N)n3)s2)cc1.Nc1nccc(-c2ccc(C(=O)O)s2)n1. The van der Waals surface area contributed by atoms with Gasteiger partial charge < -0.3 is 37.1 Å². The van der Waals surface area contributed by atoms with Gasteiger partial charge in [-0.2, -0.15) is 0 Å². The number of nitrogen functional groups attached to an aromatic ring is 2. The van der Waals surface area contributed by atoms with Crippen molar-refractivity contribution in [3.05, 3.63) is 118 Å². The fraction of sp³-hybridized carbons (Fsp3) is 0.118. The summed E-state index contributed by atoms with van der Waals surface area (Å²) in [5, 5.41) is 11.7. The fourth-order valence-corrected chi connectivity index (χ4v) is 5.69. The Labute approximate surface area is 290 Å². The Balaban J connectivity index is 0.000000184. The summed E-state index contributed by atoms with van der Waals surface area (Å²) in [4.78, 5) is 41.3. The van der Waals surface area contributed by atoms with Crippen LogP contribution in [0.15, 0.2) is 97.3 Å². The van der Waals surface area contributed by atoms with E-state index in [9.17, 15) is 9.59 Å². The lowest BCUT2D eigenvalue weighted by atomic mass is 10.2. The zero-order chi connectivity index (χ0) is 35.2. The van der Waals surface area contributed by atoms with Crippen molar-refractivity contribution in [2.75, 3.05) is 25.7 Å². The van der Waals surface area contributed by atoms with E-state index < -0.39 is 5.97 Å². The highest BCUT2D eigenvalue weighted by Gasteiger charge is 2.12. The first-order valence-corrected chi connectivity index (χ1v) is 16.2. The molecular formula is C34H34N8O5S2. The molecule has 2 aromatic carbocycles. The predicted molar refractivity (Wildman–Crippen MR) is 192 cm³/mol. The molecule has 0 spiro atoms. The summed E-state index contributed by atoms with van der Waals surface area (Å²) in [6.45, 7) is 1.04. The number of carbonyl (C=O) groups excluding carboxylic acids is 1. The van der Waals surface area contributed by atoms with Gasteiger partial charge in [-0.05, 0) is 71.8 Å². The highest BCUT2D eigenvalue weighted by atomic mass is 32.1. The van der Waals surface area contributed by atoms with Gasteiger partial charge in [-0.3, -0.25) is 4.79 Å². The van der Waals surface area contributed by atoms with Gasteiger partial charge in [-0.25, -0.2) is 24.7 Å². The van der Waals surface area contributed by atoms with Crippen molar-refractivity contribution in [1.82, 2.24) is 25.3 Å². The first kappa shape index (κ1) is 35.9. The summed E-state index contributed by atoms with van der Waals surface area (Å²) in [6.07, 6.45) is 3.14. The van der Waals surface area contributed by atoms with Crippen LogP contribution in [0.5, 0.6) is 11.5 Å². The van der Waals surface area contributed by atoms with Gasteiger partial charge in [-0.15, -0.1) is 22.7 Å². The quantitative estimate of drug-likeness (QED) is 0.129. The minimum Gasteiger partial charge on any atom is -0.497 e.